The Morgan fingerprint density at radius 2 is 1.79 bits per heavy atom. The van der Waals surface area contributed by atoms with Gasteiger partial charge in [0.25, 0.3) is 10.2 Å². The molecule has 11 heteroatoms. The van der Waals surface area contributed by atoms with Crippen LogP contribution in [0.15, 0.2) is 61.0 Å². The maximum atomic E-state index is 12.5. The molecule has 3 aromatic heterocycles. The number of nitrogens with zero attached hydrogens (tertiary/aromatic N) is 7. The molecule has 0 unspecified atom stereocenters. The fourth-order valence-electron chi connectivity index (χ4n) is 6.43. The van der Waals surface area contributed by atoms with E-state index < -0.39 is 10.2 Å². The second-order valence-electron chi connectivity index (χ2n) is 11.6. The number of hydrogen-bond acceptors (Lipinski definition) is 7. The summed E-state index contributed by atoms with van der Waals surface area (Å²) < 4.78 is 30.0. The molecule has 1 aromatic carbocycles. The molecule has 2 N–H and O–H groups in total. The standard InChI is InChI=1S/C31H36N8O2S/c1-36(2)42(40,41)38-16-14-37(15-17-38)25-18-24(19-25)31-35-28(29-30(32)33-12-13-39(29)31)23-9-8-22-10-11-26(34-27(22)20-23)21-6-4-3-5-7-21/h4,6-13,20,24-25H,3,5,14-19H2,1-2H3,(H2,32,33)/t24-,25+. The number of nitrogens with two attached hydrogens (primary N) is 1. The molecule has 42 heavy (non-hydrogen) atoms. The predicted molar refractivity (Wildman–Crippen MR) is 166 cm³/mol. The van der Waals surface area contributed by atoms with Crippen molar-refractivity contribution in [2.24, 2.45) is 0 Å². The smallest absolute Gasteiger partial charge is 0.281 e. The Morgan fingerprint density at radius 3 is 2.52 bits per heavy atom. The number of rotatable bonds is 6. The number of allylic oxidation sites excluding steroid dienone is 4. The van der Waals surface area contributed by atoms with E-state index in [2.05, 4.69) is 62.8 Å². The molecular weight excluding hydrogens is 548 g/mol. The van der Waals surface area contributed by atoms with Crippen LogP contribution in [0.5, 0.6) is 0 Å². The highest BCUT2D eigenvalue weighted by atomic mass is 32.2. The highest BCUT2D eigenvalue weighted by Crippen LogP contribution is 2.42. The first-order valence-electron chi connectivity index (χ1n) is 14.6. The molecule has 7 rings (SSSR count). The normalized spacial score (nSPS) is 22.1. The van der Waals surface area contributed by atoms with Gasteiger partial charge in [-0.05, 0) is 43.4 Å². The molecule has 10 nitrogen and oxygen atoms in total. The average molecular weight is 585 g/mol. The summed E-state index contributed by atoms with van der Waals surface area (Å²) in [7, 11) is -0.196. The van der Waals surface area contributed by atoms with Crippen LogP contribution in [0.3, 0.4) is 0 Å². The van der Waals surface area contributed by atoms with Crippen LogP contribution in [0.4, 0.5) is 5.82 Å². The van der Waals surface area contributed by atoms with E-state index >= 15 is 0 Å². The van der Waals surface area contributed by atoms with E-state index in [0.717, 1.165) is 83.5 Å². The van der Waals surface area contributed by atoms with Gasteiger partial charge in [-0.2, -0.15) is 17.0 Å². The van der Waals surface area contributed by atoms with E-state index in [1.165, 1.54) is 4.31 Å². The fraction of sp³-hybridized carbons (Fsp3) is 0.387. The summed E-state index contributed by atoms with van der Waals surface area (Å²) in [4.78, 5) is 17.0. The topological polar surface area (TPSA) is 113 Å². The lowest BCUT2D eigenvalue weighted by Crippen LogP contribution is -2.56. The Hall–Kier alpha value is -3.64. The second-order valence-corrected chi connectivity index (χ2v) is 13.8. The fourth-order valence-corrected chi connectivity index (χ4v) is 7.52. The van der Waals surface area contributed by atoms with Gasteiger partial charge in [-0.1, -0.05) is 36.4 Å². The Kier molecular flexibility index (Phi) is 6.85. The molecule has 0 amide bonds. The summed E-state index contributed by atoms with van der Waals surface area (Å²) in [6.45, 7) is 2.53. The summed E-state index contributed by atoms with van der Waals surface area (Å²) in [6.07, 6.45) is 14.4. The molecular formula is C31H36N8O2S. The zero-order chi connectivity index (χ0) is 29.0. The number of nitrogen functional groups attached to an aromatic ring is 1. The maximum absolute atomic E-state index is 12.5. The monoisotopic (exact) mass is 584 g/mol. The Balaban J connectivity index is 1.14. The summed E-state index contributed by atoms with van der Waals surface area (Å²) in [5.74, 6) is 1.75. The largest absolute Gasteiger partial charge is 0.382 e. The van der Waals surface area contributed by atoms with E-state index in [4.69, 9.17) is 15.7 Å². The van der Waals surface area contributed by atoms with Gasteiger partial charge in [-0.3, -0.25) is 9.30 Å². The molecule has 2 fully saturated rings. The average Bonchev–Trinajstić information content (AvgIpc) is 3.37. The summed E-state index contributed by atoms with van der Waals surface area (Å²) in [5.41, 5.74) is 12.1. The molecule has 1 saturated heterocycles. The van der Waals surface area contributed by atoms with Gasteiger partial charge in [0.2, 0.25) is 0 Å². The number of piperazine rings is 1. The second kappa shape index (κ2) is 10.6. The molecule has 218 valence electrons. The van der Waals surface area contributed by atoms with Crippen LogP contribution < -0.4 is 5.73 Å². The third-order valence-corrected chi connectivity index (χ3v) is 10.9. The zero-order valence-electron chi connectivity index (χ0n) is 24.0. The molecule has 2 aliphatic carbocycles. The van der Waals surface area contributed by atoms with Crippen LogP contribution >= 0.6 is 0 Å². The number of anilines is 1. The number of benzene rings is 1. The van der Waals surface area contributed by atoms with Gasteiger partial charge in [0.1, 0.15) is 22.9 Å². The van der Waals surface area contributed by atoms with E-state index in [1.54, 1.807) is 24.6 Å². The lowest BCUT2D eigenvalue weighted by Gasteiger charge is -2.46. The van der Waals surface area contributed by atoms with Gasteiger partial charge in [0.05, 0.1) is 11.2 Å². The molecule has 1 saturated carbocycles. The zero-order valence-corrected chi connectivity index (χ0v) is 24.8. The molecule has 0 radical (unpaired) electrons. The molecule has 0 spiro atoms. The summed E-state index contributed by atoms with van der Waals surface area (Å²) in [6, 6.07) is 10.9. The van der Waals surface area contributed by atoms with Crippen molar-refractivity contribution in [2.45, 2.75) is 37.6 Å². The Bertz CT molecular complexity index is 1830. The van der Waals surface area contributed by atoms with Crippen LogP contribution in [0.1, 0.15) is 43.1 Å². The van der Waals surface area contributed by atoms with Gasteiger partial charge in [0, 0.05) is 75.6 Å². The highest BCUT2D eigenvalue weighted by molar-refractivity contribution is 7.86. The number of aromatic nitrogens is 4. The van der Waals surface area contributed by atoms with E-state index in [9.17, 15) is 8.42 Å². The van der Waals surface area contributed by atoms with Crippen molar-refractivity contribution < 1.29 is 8.42 Å². The highest BCUT2D eigenvalue weighted by Gasteiger charge is 2.40. The molecule has 1 aliphatic heterocycles. The van der Waals surface area contributed by atoms with Gasteiger partial charge < -0.3 is 5.73 Å². The molecule has 0 atom stereocenters. The minimum absolute atomic E-state index is 0.289. The minimum Gasteiger partial charge on any atom is -0.382 e. The number of hydrogen-bond donors (Lipinski definition) is 1. The van der Waals surface area contributed by atoms with E-state index in [1.807, 2.05) is 6.20 Å². The van der Waals surface area contributed by atoms with Crippen LogP contribution in [-0.4, -0.2) is 87.6 Å². The van der Waals surface area contributed by atoms with Crippen molar-refractivity contribution >= 4 is 38.0 Å². The van der Waals surface area contributed by atoms with Crippen LogP contribution in [0.2, 0.25) is 0 Å². The van der Waals surface area contributed by atoms with Crippen LogP contribution in [-0.2, 0) is 10.2 Å². The Morgan fingerprint density at radius 1 is 1.00 bits per heavy atom. The van der Waals surface area contributed by atoms with Crippen molar-refractivity contribution in [3.63, 3.8) is 0 Å². The summed E-state index contributed by atoms with van der Waals surface area (Å²) >= 11 is 0. The number of fused-ring (bicyclic) bond motifs is 2. The van der Waals surface area contributed by atoms with E-state index in [0.29, 0.717) is 24.9 Å². The molecule has 4 aromatic rings. The maximum Gasteiger partial charge on any atom is 0.281 e. The van der Waals surface area contributed by atoms with Gasteiger partial charge in [-0.25, -0.2) is 15.0 Å². The lowest BCUT2D eigenvalue weighted by molar-refractivity contribution is 0.0718. The van der Waals surface area contributed by atoms with Gasteiger partial charge in [0.15, 0.2) is 0 Å². The first-order chi connectivity index (χ1) is 20.3. The van der Waals surface area contributed by atoms with Crippen molar-refractivity contribution in [3.8, 4) is 11.3 Å². The first-order valence-corrected chi connectivity index (χ1v) is 16.0. The number of imidazole rings is 1. The Labute approximate surface area is 246 Å². The molecule has 4 heterocycles. The van der Waals surface area contributed by atoms with Crippen molar-refractivity contribution in [3.05, 3.63) is 72.5 Å². The van der Waals surface area contributed by atoms with E-state index in [-0.39, 0.29) is 5.92 Å². The summed E-state index contributed by atoms with van der Waals surface area (Å²) in [5, 5.41) is 1.08. The number of pyridine rings is 1. The lowest BCUT2D eigenvalue weighted by atomic mass is 9.78. The third kappa shape index (κ3) is 4.70. The van der Waals surface area contributed by atoms with Crippen molar-refractivity contribution in [2.75, 3.05) is 46.0 Å². The quantitative estimate of drug-likeness (QED) is 0.365. The SMILES string of the molecule is CN(C)S(=O)(=O)N1CCN([C@H]2C[C@@H](c3nc(-c4ccc5ccc(C6=CCCC=C6)nc5c4)c4c(N)nccn43)C2)CC1. The van der Waals surface area contributed by atoms with Crippen LogP contribution in [0, 0.1) is 0 Å². The van der Waals surface area contributed by atoms with Crippen molar-refractivity contribution in [1.82, 2.24) is 32.9 Å². The predicted octanol–water partition coefficient (Wildman–Crippen LogP) is 3.93. The molecule has 3 aliphatic rings. The van der Waals surface area contributed by atoms with Crippen molar-refractivity contribution in [1.29, 1.82) is 0 Å². The minimum atomic E-state index is -3.37. The third-order valence-electron chi connectivity index (χ3n) is 8.92. The van der Waals surface area contributed by atoms with Crippen LogP contribution in [0.25, 0.3) is 33.3 Å². The first kappa shape index (κ1) is 27.2. The molecule has 0 bridgehead atoms. The van der Waals surface area contributed by atoms with Gasteiger partial charge >= 0.3 is 0 Å². The van der Waals surface area contributed by atoms with Gasteiger partial charge in [-0.15, -0.1) is 0 Å².